The number of aliphatic imine (C=N–C) groups is 1. The number of hydrogen-bond acceptors (Lipinski definition) is 31. The van der Waals surface area contributed by atoms with Gasteiger partial charge in [-0.3, -0.25) is 81.7 Å². The van der Waals surface area contributed by atoms with Crippen LogP contribution in [-0.2, 0) is 94.3 Å². The first-order chi connectivity index (χ1) is 61.1. The van der Waals surface area contributed by atoms with Crippen molar-refractivity contribution in [3.05, 3.63) is 59.7 Å². The van der Waals surface area contributed by atoms with Crippen LogP contribution in [0.15, 0.2) is 53.5 Å². The fourth-order valence-electron chi connectivity index (χ4n) is 13.2. The molecule has 38 N–H and O–H groups in total. The standard InChI is InChI=1S/C80H133N25O23S2/c1-8-39(4)60(102-73(122)57-33-45(110)35-105(57)77(126)59(87)38(2)3)74(123)104-62(80(6,7)130)76(125)98-52(31-41-13-17-43(108)18-14-41)69(118)100-55(36-106)71(120)97-53(34-58(86)111)70(119)92-47(12-10-30-90-79(88)89)64(113)95-51(24-29-85)68(117)103-61(40(5)107)75(124)96-50(23-28-84)66(115)91-46(11-9-25-81)63(112)93-48(21-26-82)65(114)94-49(22-27-83)67(116)101-56(37-129)72(121)99-54(78(127)128)32-42-15-19-44(109)20-16-42/h13-20,38-40,45-57,59-62,106-110,129-130H,8-12,21-37,81-85,87H2,1-7H3,(H2,86,111)(H,91,115)(H,92,119)(H,93,112)(H,94,114)(H,95,113)(H,96,124)(H,97,120)(H,98,125)(H,99,121)(H,100,118)(H,101,116)(H,102,122)(H,103,117)(H,104,123)(H,127,128)(H4,88,89,90)/t39-,40+,45+,46-,47-,48-,49-,50+,51-,52-,53-,54-,55-,56-,57-,59-,60-,61-,62+/m0/s1. The van der Waals surface area contributed by atoms with Crippen molar-refractivity contribution in [2.24, 2.45) is 68.4 Å². The maximum absolute atomic E-state index is 14.7. The summed E-state index contributed by atoms with van der Waals surface area (Å²) in [5.74, 6) is -20.4. The summed E-state index contributed by atoms with van der Waals surface area (Å²) in [7, 11) is 0. The Morgan fingerprint density at radius 2 is 0.854 bits per heavy atom. The van der Waals surface area contributed by atoms with Crippen LogP contribution in [0, 0.1) is 11.8 Å². The number of carbonyl (C=O) groups is 17. The van der Waals surface area contributed by atoms with Crippen molar-refractivity contribution >= 4 is 132 Å². The molecule has 3 rings (SSSR count). The lowest BCUT2D eigenvalue weighted by atomic mass is 9.95. The highest BCUT2D eigenvalue weighted by Gasteiger charge is 2.46. The van der Waals surface area contributed by atoms with Gasteiger partial charge in [0.1, 0.15) is 102 Å². The molecular formula is C80H133N25O23S2. The number of carbonyl (C=O) groups excluding carboxylic acids is 16. The second-order valence-electron chi connectivity index (χ2n) is 32.3. The Balaban J connectivity index is 1.89. The number of guanidine groups is 1. The third-order valence-corrected chi connectivity index (χ3v) is 21.5. The van der Waals surface area contributed by atoms with Crippen LogP contribution in [0.5, 0.6) is 11.5 Å². The number of rotatable bonds is 58. The summed E-state index contributed by atoms with van der Waals surface area (Å²) < 4.78 is -1.48. The topological polar surface area (TPSA) is 830 Å². The Morgan fingerprint density at radius 1 is 0.485 bits per heavy atom. The first kappa shape index (κ1) is 113. The molecule has 2 aromatic carbocycles. The summed E-state index contributed by atoms with van der Waals surface area (Å²) in [4.78, 5) is 242. The second-order valence-corrected chi connectivity index (χ2v) is 33.9. The van der Waals surface area contributed by atoms with Crippen LogP contribution < -0.4 is 126 Å². The van der Waals surface area contributed by atoms with Crippen molar-refractivity contribution in [1.29, 1.82) is 0 Å². The Kier molecular flexibility index (Phi) is 48.8. The van der Waals surface area contributed by atoms with Gasteiger partial charge in [0.2, 0.25) is 94.5 Å². The van der Waals surface area contributed by atoms with Crippen molar-refractivity contribution in [2.75, 3.05) is 58.2 Å². The summed E-state index contributed by atoms with van der Waals surface area (Å²) in [6.07, 6.45) is -6.34. The molecule has 0 saturated carbocycles. The maximum Gasteiger partial charge on any atom is 0.326 e. The van der Waals surface area contributed by atoms with Gasteiger partial charge in [-0.15, -0.1) is 0 Å². The maximum atomic E-state index is 14.7. The Hall–Kier alpha value is -11.4. The van der Waals surface area contributed by atoms with Crippen LogP contribution in [0.2, 0.25) is 0 Å². The molecular weight excluding hydrogens is 1740 g/mol. The molecule has 1 saturated heterocycles. The number of nitrogens with one attached hydrogen (secondary N) is 14. The third kappa shape index (κ3) is 37.6. The van der Waals surface area contributed by atoms with E-state index in [2.05, 4.69) is 105 Å². The van der Waals surface area contributed by atoms with Crippen molar-refractivity contribution in [3.8, 4) is 11.5 Å². The zero-order chi connectivity index (χ0) is 98.1. The highest BCUT2D eigenvalue weighted by molar-refractivity contribution is 7.81. The van der Waals surface area contributed by atoms with Crippen LogP contribution in [0.1, 0.15) is 130 Å². The number of aliphatic carboxylic acids is 1. The molecule has 0 unspecified atom stereocenters. The van der Waals surface area contributed by atoms with E-state index in [0.717, 1.165) is 11.8 Å². The van der Waals surface area contributed by atoms with E-state index in [4.69, 9.17) is 51.6 Å². The fourth-order valence-corrected chi connectivity index (χ4v) is 13.6. The number of likely N-dealkylation sites (tertiary alicyclic amines) is 1. The molecule has 0 aliphatic carbocycles. The quantitative estimate of drug-likeness (QED) is 0.0127. The first-order valence-corrected chi connectivity index (χ1v) is 43.5. The van der Waals surface area contributed by atoms with Gasteiger partial charge in [0.15, 0.2) is 5.96 Å². The molecule has 0 spiro atoms. The number of amides is 16. The van der Waals surface area contributed by atoms with Gasteiger partial charge in [-0.2, -0.15) is 25.3 Å². The molecule has 19 atom stereocenters. The van der Waals surface area contributed by atoms with Crippen molar-refractivity contribution in [3.63, 3.8) is 0 Å². The predicted octanol–water partition coefficient (Wildman–Crippen LogP) is -11.2. The molecule has 130 heavy (non-hydrogen) atoms. The summed E-state index contributed by atoms with van der Waals surface area (Å²) >= 11 is 8.77. The number of primary amides is 1. The summed E-state index contributed by atoms with van der Waals surface area (Å²) in [5.41, 5.74) is 52.8. The minimum absolute atomic E-state index is 0.0334. The molecule has 1 aliphatic heterocycles. The summed E-state index contributed by atoms with van der Waals surface area (Å²) in [6, 6.07) is -14.9. The zero-order valence-electron chi connectivity index (χ0n) is 73.8. The molecule has 1 heterocycles. The van der Waals surface area contributed by atoms with E-state index in [0.29, 0.717) is 17.5 Å². The van der Waals surface area contributed by atoms with E-state index in [1.165, 1.54) is 62.4 Å². The normalized spacial score (nSPS) is 17.0. The SMILES string of the molecule is CC[C@H](C)[C@H](NC(=O)[C@@H]1C[C@@H](O)CN1C(=O)[C@@H](N)C(C)C)C(=O)N[C@H](C(=O)N[C@@H](Cc1ccc(O)cc1)C(=O)N[C@@H](CO)C(=O)N[C@@H](CC(N)=O)C(=O)N[C@@H](CCCN=C(N)N)C(=O)N[C@@H](CCN)C(=O)N[C@H](C(=O)N[C@H](CCN)C(=O)N[C@@H](CCCN)C(=O)N[C@@H](CCN)C(=O)N[C@@H](CCN)C(=O)N[C@@H](CS)C(=O)N[C@@H](Cc1ccc(O)cc1)C(=O)O)[C@@H](C)O)C(C)(C)S. The smallest absolute Gasteiger partial charge is 0.326 e. The predicted molar refractivity (Wildman–Crippen MR) is 479 cm³/mol. The average molecular weight is 1880 g/mol. The van der Waals surface area contributed by atoms with Crippen LogP contribution in [0.4, 0.5) is 0 Å². The van der Waals surface area contributed by atoms with Crippen LogP contribution in [-0.4, -0.2) is 314 Å². The molecule has 0 bridgehead atoms. The van der Waals surface area contributed by atoms with Crippen LogP contribution >= 0.6 is 25.3 Å². The molecule has 0 radical (unpaired) electrons. The number of phenolic OH excluding ortho intramolecular Hbond substituents is 2. The molecule has 1 fully saturated rings. The number of thiol groups is 2. The summed E-state index contributed by atoms with van der Waals surface area (Å²) in [6.45, 7) is 7.94. The Morgan fingerprint density at radius 3 is 1.25 bits per heavy atom. The Bertz CT molecular complexity index is 4170. The molecule has 2 aromatic rings. The van der Waals surface area contributed by atoms with Gasteiger partial charge in [0.05, 0.1) is 31.3 Å². The molecule has 16 amide bonds. The summed E-state index contributed by atoms with van der Waals surface area (Å²) in [5, 5.41) is 96.1. The van der Waals surface area contributed by atoms with E-state index in [-0.39, 0.29) is 133 Å². The lowest BCUT2D eigenvalue weighted by molar-refractivity contribution is -0.142. The van der Waals surface area contributed by atoms with Crippen molar-refractivity contribution in [1.82, 2.24) is 79.3 Å². The van der Waals surface area contributed by atoms with E-state index in [1.807, 2.05) is 0 Å². The number of aliphatic hydroxyl groups excluding tert-OH is 3. The molecule has 728 valence electrons. The minimum atomic E-state index is -2.04. The second kappa shape index (κ2) is 56.3. The highest BCUT2D eigenvalue weighted by Crippen LogP contribution is 2.24. The van der Waals surface area contributed by atoms with Crippen molar-refractivity contribution < 1.29 is 112 Å². The number of aliphatic hydroxyl groups is 3. The molecule has 50 heteroatoms. The van der Waals surface area contributed by atoms with Gasteiger partial charge in [-0.25, -0.2) is 4.79 Å². The van der Waals surface area contributed by atoms with E-state index in [1.54, 1.807) is 27.7 Å². The highest BCUT2D eigenvalue weighted by atomic mass is 32.1. The van der Waals surface area contributed by atoms with Crippen LogP contribution in [0.3, 0.4) is 0 Å². The number of nitrogens with two attached hydrogens (primary N) is 9. The van der Waals surface area contributed by atoms with Gasteiger partial charge in [0, 0.05) is 42.9 Å². The molecule has 48 nitrogen and oxygen atoms in total. The number of phenols is 2. The lowest BCUT2D eigenvalue weighted by Crippen LogP contribution is -2.64. The van der Waals surface area contributed by atoms with Gasteiger partial charge < -0.3 is 162 Å². The fraction of sp³-hybridized carbons (Fsp3) is 0.625. The van der Waals surface area contributed by atoms with Gasteiger partial charge in [0.25, 0.3) is 0 Å². The minimum Gasteiger partial charge on any atom is -0.508 e. The number of aromatic hydroxyl groups is 2. The van der Waals surface area contributed by atoms with Crippen LogP contribution in [0.25, 0.3) is 0 Å². The molecule has 1 aliphatic rings. The first-order valence-electron chi connectivity index (χ1n) is 42.4. The lowest BCUT2D eigenvalue weighted by Gasteiger charge is -2.34. The average Bonchev–Trinajstić information content (AvgIpc) is 1.68. The number of nitrogens with zero attached hydrogens (tertiary/aromatic N) is 2. The van der Waals surface area contributed by atoms with E-state index >= 15 is 0 Å². The number of carboxylic acids is 1. The number of β-amino-alcohol motifs (C(OH)–C–C–N with tert-alkyl or cyclic N) is 1. The number of carboxylic acid groups (broad SMARTS) is 1. The molecule has 0 aromatic heterocycles. The van der Waals surface area contributed by atoms with E-state index < -0.39 is 246 Å². The monoisotopic (exact) mass is 1880 g/mol. The van der Waals surface area contributed by atoms with Gasteiger partial charge in [-0.1, -0.05) is 58.4 Å². The number of benzene rings is 2. The zero-order valence-corrected chi connectivity index (χ0v) is 75.6. The largest absolute Gasteiger partial charge is 0.508 e. The van der Waals surface area contributed by atoms with Gasteiger partial charge in [-0.05, 0) is 152 Å². The number of hydrogen-bond donors (Lipinski definition) is 31. The van der Waals surface area contributed by atoms with E-state index in [9.17, 15) is 112 Å². The third-order valence-electron chi connectivity index (χ3n) is 20.9. The Labute approximate surface area is 763 Å². The van der Waals surface area contributed by atoms with Gasteiger partial charge >= 0.3 is 5.97 Å². The van der Waals surface area contributed by atoms with Crippen molar-refractivity contribution in [2.45, 2.75) is 246 Å².